The van der Waals surface area contributed by atoms with Gasteiger partial charge in [0.15, 0.2) is 6.29 Å². The summed E-state index contributed by atoms with van der Waals surface area (Å²) in [5, 5.41) is 0. The van der Waals surface area contributed by atoms with E-state index in [1.165, 1.54) is 4.68 Å². The van der Waals surface area contributed by atoms with Crippen molar-refractivity contribution >= 4 is 6.29 Å². The fourth-order valence-corrected chi connectivity index (χ4v) is 2.67. The molecule has 20 heavy (non-hydrogen) atoms. The van der Waals surface area contributed by atoms with Gasteiger partial charge in [0.25, 0.3) is 0 Å². The molecule has 0 bridgehead atoms. The van der Waals surface area contributed by atoms with E-state index in [-0.39, 0.29) is 12.2 Å². The quantitative estimate of drug-likeness (QED) is 0.473. The Hall–Kier alpha value is -1.33. The van der Waals surface area contributed by atoms with E-state index in [0.717, 1.165) is 37.8 Å². The van der Waals surface area contributed by atoms with Crippen molar-refractivity contribution in [3.63, 3.8) is 0 Å². The van der Waals surface area contributed by atoms with Crippen LogP contribution < -0.4 is 5.84 Å². The zero-order valence-electron chi connectivity index (χ0n) is 12.2. The molecule has 0 aliphatic carbocycles. The number of rotatable bonds is 7. The average Bonchev–Trinajstić information content (AvgIpc) is 2.98. The predicted molar refractivity (Wildman–Crippen MR) is 77.1 cm³/mol. The van der Waals surface area contributed by atoms with Crippen LogP contribution in [0.5, 0.6) is 0 Å². The van der Waals surface area contributed by atoms with Gasteiger partial charge in [0, 0.05) is 6.61 Å². The van der Waals surface area contributed by atoms with Gasteiger partial charge in [0.05, 0.1) is 18.4 Å². The Balaban J connectivity index is 1.93. The first-order valence-electron chi connectivity index (χ1n) is 7.32. The fourth-order valence-electron chi connectivity index (χ4n) is 2.67. The van der Waals surface area contributed by atoms with E-state index >= 15 is 0 Å². The smallest absolute Gasteiger partial charge is 0.168 e. The largest absolute Gasteiger partial charge is 0.379 e. The normalized spacial score (nSPS) is 26.0. The van der Waals surface area contributed by atoms with Crippen molar-refractivity contribution in [3.8, 4) is 0 Å². The van der Waals surface area contributed by atoms with Gasteiger partial charge in [-0.1, -0.05) is 20.3 Å². The number of aldehydes is 1. The zero-order valence-corrected chi connectivity index (χ0v) is 12.2. The molecule has 1 saturated heterocycles. The van der Waals surface area contributed by atoms with Gasteiger partial charge in [0.2, 0.25) is 0 Å². The molecule has 1 aliphatic heterocycles. The Kier molecular flexibility index (Phi) is 5.20. The summed E-state index contributed by atoms with van der Waals surface area (Å²) < 4.78 is 13.1. The molecule has 2 rings (SSSR count). The molecule has 1 fully saturated rings. The van der Waals surface area contributed by atoms with Gasteiger partial charge in [-0.25, -0.2) is 0 Å². The monoisotopic (exact) mass is 280 g/mol. The second kappa shape index (κ2) is 6.90. The molecule has 0 saturated carbocycles. The van der Waals surface area contributed by atoms with E-state index in [2.05, 4.69) is 13.8 Å². The molecule has 2 N–H and O–H groups in total. The van der Waals surface area contributed by atoms with Crippen LogP contribution in [0.15, 0.2) is 12.1 Å². The van der Waals surface area contributed by atoms with Gasteiger partial charge < -0.3 is 15.3 Å². The lowest BCUT2D eigenvalue weighted by atomic mass is 10.00. The van der Waals surface area contributed by atoms with Gasteiger partial charge >= 0.3 is 0 Å². The van der Waals surface area contributed by atoms with E-state index in [9.17, 15) is 4.79 Å². The zero-order chi connectivity index (χ0) is 14.5. The van der Waals surface area contributed by atoms with Crippen molar-refractivity contribution in [3.05, 3.63) is 23.5 Å². The Labute approximate surface area is 120 Å². The highest BCUT2D eigenvalue weighted by atomic mass is 16.5. The highest BCUT2D eigenvalue weighted by Crippen LogP contribution is 2.38. The summed E-state index contributed by atoms with van der Waals surface area (Å²) in [5.74, 6) is 6.28. The Morgan fingerprint density at radius 3 is 3.00 bits per heavy atom. The van der Waals surface area contributed by atoms with Crippen molar-refractivity contribution in [1.29, 1.82) is 0 Å². The van der Waals surface area contributed by atoms with Crippen molar-refractivity contribution in [2.24, 2.45) is 5.92 Å². The first-order valence-corrected chi connectivity index (χ1v) is 7.32. The molecule has 2 heterocycles. The maximum absolute atomic E-state index is 10.8. The summed E-state index contributed by atoms with van der Waals surface area (Å²) in [7, 11) is 0. The van der Waals surface area contributed by atoms with E-state index in [4.69, 9.17) is 15.3 Å². The van der Waals surface area contributed by atoms with E-state index in [1.807, 2.05) is 6.07 Å². The molecule has 1 aromatic rings. The minimum Gasteiger partial charge on any atom is -0.379 e. The summed E-state index contributed by atoms with van der Waals surface area (Å²) in [6.07, 6.45) is 3.99. The molecule has 5 heteroatoms. The van der Waals surface area contributed by atoms with Crippen molar-refractivity contribution in [1.82, 2.24) is 4.68 Å². The Bertz CT molecular complexity index is 444. The number of aromatic nitrogens is 1. The van der Waals surface area contributed by atoms with E-state index in [0.29, 0.717) is 18.2 Å². The van der Waals surface area contributed by atoms with Crippen molar-refractivity contribution in [2.45, 2.75) is 45.3 Å². The average molecular weight is 280 g/mol. The lowest BCUT2D eigenvalue weighted by Gasteiger charge is -2.17. The van der Waals surface area contributed by atoms with Gasteiger partial charge in [-0.2, -0.15) is 0 Å². The molecule has 0 aromatic carbocycles. The topological polar surface area (TPSA) is 66.5 Å². The Morgan fingerprint density at radius 1 is 1.55 bits per heavy atom. The lowest BCUT2D eigenvalue weighted by molar-refractivity contribution is -0.0218. The molecule has 5 nitrogen and oxygen atoms in total. The molecule has 0 radical (unpaired) electrons. The van der Waals surface area contributed by atoms with Crippen molar-refractivity contribution in [2.75, 3.05) is 19.1 Å². The van der Waals surface area contributed by atoms with Crippen LogP contribution in [0.3, 0.4) is 0 Å². The number of carbonyl (C=O) groups is 1. The molecule has 1 aromatic heterocycles. The molecular formula is C15H24N2O3. The van der Waals surface area contributed by atoms with Crippen LogP contribution in [0.1, 0.15) is 55.4 Å². The van der Waals surface area contributed by atoms with Crippen LogP contribution in [0, 0.1) is 5.92 Å². The molecule has 0 amide bonds. The SMILES string of the molecule is CCCCOC[C@@H]1C[C@H](C)[C@H](c2ccc(C=O)n2N)O1. The first kappa shape index (κ1) is 15.1. The van der Waals surface area contributed by atoms with Gasteiger partial charge in [-0.15, -0.1) is 0 Å². The molecule has 0 unspecified atom stereocenters. The van der Waals surface area contributed by atoms with Crippen LogP contribution in [0.25, 0.3) is 0 Å². The summed E-state index contributed by atoms with van der Waals surface area (Å²) in [6.45, 7) is 5.71. The van der Waals surface area contributed by atoms with Crippen LogP contribution >= 0.6 is 0 Å². The second-order valence-corrected chi connectivity index (χ2v) is 5.49. The summed E-state index contributed by atoms with van der Waals surface area (Å²) in [4.78, 5) is 10.8. The van der Waals surface area contributed by atoms with E-state index < -0.39 is 0 Å². The third-order valence-electron chi connectivity index (χ3n) is 3.83. The van der Waals surface area contributed by atoms with Crippen LogP contribution in [0.4, 0.5) is 0 Å². The number of unbranched alkanes of at least 4 members (excludes halogenated alkanes) is 1. The first-order chi connectivity index (χ1) is 9.67. The molecule has 0 spiro atoms. The third-order valence-corrected chi connectivity index (χ3v) is 3.83. The maximum atomic E-state index is 10.8. The molecule has 3 atom stereocenters. The van der Waals surface area contributed by atoms with Gasteiger partial charge in [-0.3, -0.25) is 9.47 Å². The number of hydrogen-bond acceptors (Lipinski definition) is 4. The number of hydrogen-bond donors (Lipinski definition) is 1. The van der Waals surface area contributed by atoms with Crippen LogP contribution in [0.2, 0.25) is 0 Å². The highest BCUT2D eigenvalue weighted by Gasteiger charge is 2.35. The van der Waals surface area contributed by atoms with Gasteiger partial charge in [-0.05, 0) is 30.9 Å². The number of carbonyl (C=O) groups excluding carboxylic acids is 1. The Morgan fingerprint density at radius 2 is 2.35 bits per heavy atom. The maximum Gasteiger partial charge on any atom is 0.168 e. The standard InChI is InChI=1S/C15H24N2O3/c1-3-4-7-19-10-13-8-11(2)15(20-13)14-6-5-12(9-18)17(14)16/h5-6,9,11,13,15H,3-4,7-8,10,16H2,1-2H3/t11-,13-,15+/m0/s1. The number of nitrogens with two attached hydrogens (primary N) is 1. The van der Waals surface area contributed by atoms with Crippen LogP contribution in [-0.2, 0) is 9.47 Å². The van der Waals surface area contributed by atoms with Crippen LogP contribution in [-0.4, -0.2) is 30.3 Å². The number of nitrogens with zero attached hydrogens (tertiary/aromatic N) is 1. The highest BCUT2D eigenvalue weighted by molar-refractivity contribution is 5.72. The number of nitrogen functional groups attached to an aromatic ring is 1. The molecule has 112 valence electrons. The minimum absolute atomic E-state index is 0.0616. The van der Waals surface area contributed by atoms with E-state index in [1.54, 1.807) is 6.07 Å². The second-order valence-electron chi connectivity index (χ2n) is 5.49. The fraction of sp³-hybridized carbons (Fsp3) is 0.667. The van der Waals surface area contributed by atoms with Crippen molar-refractivity contribution < 1.29 is 14.3 Å². The summed E-state index contributed by atoms with van der Waals surface area (Å²) in [6, 6.07) is 3.59. The summed E-state index contributed by atoms with van der Waals surface area (Å²) >= 11 is 0. The molecule has 1 aliphatic rings. The molecular weight excluding hydrogens is 256 g/mol. The predicted octanol–water partition coefficient (Wildman–Crippen LogP) is 2.30. The lowest BCUT2D eigenvalue weighted by Crippen LogP contribution is -2.20. The summed E-state index contributed by atoms with van der Waals surface area (Å²) in [5.41, 5.74) is 1.33. The third kappa shape index (κ3) is 3.22. The number of ether oxygens (including phenoxy) is 2. The van der Waals surface area contributed by atoms with Gasteiger partial charge in [0.1, 0.15) is 11.8 Å². The minimum atomic E-state index is -0.0616.